The van der Waals surface area contributed by atoms with Crippen molar-refractivity contribution in [1.82, 2.24) is 15.2 Å². The van der Waals surface area contributed by atoms with Crippen LogP contribution in [0.2, 0.25) is 0 Å². The van der Waals surface area contributed by atoms with Gasteiger partial charge in [-0.05, 0) is 73.9 Å². The van der Waals surface area contributed by atoms with Crippen LogP contribution < -0.4 is 5.32 Å². The van der Waals surface area contributed by atoms with Gasteiger partial charge in [0.05, 0.1) is 17.8 Å². The van der Waals surface area contributed by atoms with E-state index in [4.69, 9.17) is 21.4 Å². The quantitative estimate of drug-likeness (QED) is 0.465. The number of nitrogens with zero attached hydrogens (tertiary/aromatic N) is 2. The minimum Gasteiger partial charge on any atom is -0.459 e. The zero-order valence-corrected chi connectivity index (χ0v) is 19.7. The second-order valence-corrected chi connectivity index (χ2v) is 9.34. The summed E-state index contributed by atoms with van der Waals surface area (Å²) in [5.41, 5.74) is 3.18. The standard InChI is InChI=1S/C24H24BrN3O2S/c1-15-7-8-17(18(25)13-15)20-9-10-21(30-20)23-22(19-6-2-3-11-26-19)27-24(31)28(23)14-16-5-4-12-29-16/h2-3,6-11,13,16,22-23H,4-5,12,14H2,1H3,(H,27,31)/t16-,22-,23-/m0/s1. The molecule has 0 bridgehead atoms. The summed E-state index contributed by atoms with van der Waals surface area (Å²) < 4.78 is 13.4. The number of rotatable bonds is 5. The van der Waals surface area contributed by atoms with Gasteiger partial charge in [0, 0.05) is 29.4 Å². The number of nitrogens with one attached hydrogen (secondary N) is 1. The molecule has 5 nitrogen and oxygen atoms in total. The summed E-state index contributed by atoms with van der Waals surface area (Å²) >= 11 is 9.42. The van der Waals surface area contributed by atoms with E-state index in [9.17, 15) is 0 Å². The fraction of sp³-hybridized carbons (Fsp3) is 0.333. The first-order valence-corrected chi connectivity index (χ1v) is 11.8. The molecule has 1 aromatic carbocycles. The van der Waals surface area contributed by atoms with Gasteiger partial charge < -0.3 is 19.4 Å². The maximum absolute atomic E-state index is 6.43. The van der Waals surface area contributed by atoms with Crippen LogP contribution in [0.3, 0.4) is 0 Å². The summed E-state index contributed by atoms with van der Waals surface area (Å²) in [6.07, 6.45) is 4.15. The van der Waals surface area contributed by atoms with E-state index in [-0.39, 0.29) is 18.2 Å². The number of hydrogen-bond acceptors (Lipinski definition) is 4. The molecule has 2 aromatic heterocycles. The van der Waals surface area contributed by atoms with Gasteiger partial charge in [0.1, 0.15) is 17.6 Å². The summed E-state index contributed by atoms with van der Waals surface area (Å²) in [6, 6.07) is 16.1. The lowest BCUT2D eigenvalue weighted by atomic mass is 10.0. The molecule has 1 N–H and O–H groups in total. The maximum Gasteiger partial charge on any atom is 0.170 e. The Bertz CT molecular complexity index is 1080. The van der Waals surface area contributed by atoms with Gasteiger partial charge in [0.2, 0.25) is 0 Å². The molecule has 3 aromatic rings. The lowest BCUT2D eigenvalue weighted by molar-refractivity contribution is 0.0818. The molecule has 5 rings (SSSR count). The van der Waals surface area contributed by atoms with Gasteiger partial charge in [-0.3, -0.25) is 4.98 Å². The van der Waals surface area contributed by atoms with Crippen molar-refractivity contribution < 1.29 is 9.15 Å². The first kappa shape index (κ1) is 20.7. The molecule has 2 aliphatic rings. The maximum atomic E-state index is 6.43. The van der Waals surface area contributed by atoms with Gasteiger partial charge in [-0.2, -0.15) is 0 Å². The molecule has 7 heteroatoms. The van der Waals surface area contributed by atoms with Crippen LogP contribution in [0.25, 0.3) is 11.3 Å². The van der Waals surface area contributed by atoms with Crippen LogP contribution in [-0.4, -0.2) is 34.3 Å². The zero-order valence-electron chi connectivity index (χ0n) is 17.3. The number of aromatic nitrogens is 1. The zero-order chi connectivity index (χ0) is 21.4. The average molecular weight is 498 g/mol. The number of thiocarbonyl (C=S) groups is 1. The van der Waals surface area contributed by atoms with Crippen LogP contribution in [0.5, 0.6) is 0 Å². The van der Waals surface area contributed by atoms with Gasteiger partial charge in [-0.25, -0.2) is 0 Å². The molecule has 0 aliphatic carbocycles. The van der Waals surface area contributed by atoms with E-state index in [1.165, 1.54) is 5.56 Å². The lowest BCUT2D eigenvalue weighted by Gasteiger charge is -2.28. The Morgan fingerprint density at radius 1 is 1.23 bits per heavy atom. The fourth-order valence-corrected chi connectivity index (χ4v) is 5.40. The van der Waals surface area contributed by atoms with Crippen molar-refractivity contribution in [2.75, 3.05) is 13.2 Å². The van der Waals surface area contributed by atoms with Crippen molar-refractivity contribution in [3.63, 3.8) is 0 Å². The Hall–Kier alpha value is -2.22. The fourth-order valence-electron chi connectivity index (χ4n) is 4.40. The summed E-state index contributed by atoms with van der Waals surface area (Å²) in [6.45, 7) is 3.64. The van der Waals surface area contributed by atoms with E-state index in [0.29, 0.717) is 5.11 Å². The molecule has 0 spiro atoms. The summed E-state index contributed by atoms with van der Waals surface area (Å²) in [5, 5.41) is 4.19. The highest BCUT2D eigenvalue weighted by atomic mass is 79.9. The van der Waals surface area contributed by atoms with Crippen LogP contribution >= 0.6 is 28.1 Å². The number of aryl methyl sites for hydroxylation is 1. The molecule has 4 heterocycles. The number of halogens is 1. The van der Waals surface area contributed by atoms with Crippen molar-refractivity contribution in [1.29, 1.82) is 0 Å². The van der Waals surface area contributed by atoms with Crippen LogP contribution in [0.15, 0.2) is 63.6 Å². The van der Waals surface area contributed by atoms with E-state index in [2.05, 4.69) is 62.3 Å². The summed E-state index contributed by atoms with van der Waals surface area (Å²) in [4.78, 5) is 6.80. The predicted octanol–water partition coefficient (Wildman–Crippen LogP) is 5.56. The molecule has 31 heavy (non-hydrogen) atoms. The van der Waals surface area contributed by atoms with E-state index >= 15 is 0 Å². The number of benzene rings is 1. The normalized spacial score (nSPS) is 23.4. The van der Waals surface area contributed by atoms with Crippen LogP contribution in [-0.2, 0) is 4.74 Å². The second kappa shape index (κ2) is 8.73. The minimum absolute atomic E-state index is 0.0874. The Morgan fingerprint density at radius 3 is 2.87 bits per heavy atom. The Labute approximate surface area is 195 Å². The highest BCUT2D eigenvalue weighted by molar-refractivity contribution is 9.10. The minimum atomic E-state index is -0.0930. The Morgan fingerprint density at radius 2 is 2.13 bits per heavy atom. The molecule has 2 aliphatic heterocycles. The van der Waals surface area contributed by atoms with E-state index < -0.39 is 0 Å². The average Bonchev–Trinajstić information content (AvgIpc) is 3.51. The molecule has 2 saturated heterocycles. The molecular weight excluding hydrogens is 474 g/mol. The molecule has 0 amide bonds. The highest BCUT2D eigenvalue weighted by Gasteiger charge is 2.42. The number of hydrogen-bond donors (Lipinski definition) is 1. The molecule has 160 valence electrons. The van der Waals surface area contributed by atoms with Gasteiger partial charge >= 0.3 is 0 Å². The largest absolute Gasteiger partial charge is 0.459 e. The smallest absolute Gasteiger partial charge is 0.170 e. The number of ether oxygens (including phenoxy) is 1. The molecule has 2 fully saturated rings. The van der Waals surface area contributed by atoms with Gasteiger partial charge in [-0.1, -0.05) is 28.1 Å². The Balaban J connectivity index is 1.51. The van der Waals surface area contributed by atoms with Crippen LogP contribution in [0.4, 0.5) is 0 Å². The highest BCUT2D eigenvalue weighted by Crippen LogP contribution is 2.41. The lowest BCUT2D eigenvalue weighted by Crippen LogP contribution is -2.36. The molecule has 0 saturated carbocycles. The van der Waals surface area contributed by atoms with Gasteiger partial charge in [0.25, 0.3) is 0 Å². The molecule has 3 atom stereocenters. The summed E-state index contributed by atoms with van der Waals surface area (Å²) in [7, 11) is 0. The van der Waals surface area contributed by atoms with E-state index in [0.717, 1.165) is 53.2 Å². The number of pyridine rings is 1. The van der Waals surface area contributed by atoms with Crippen molar-refractivity contribution in [2.24, 2.45) is 0 Å². The van der Waals surface area contributed by atoms with Crippen molar-refractivity contribution in [2.45, 2.75) is 38.0 Å². The van der Waals surface area contributed by atoms with Gasteiger partial charge in [-0.15, -0.1) is 0 Å². The third-order valence-electron chi connectivity index (χ3n) is 5.93. The summed E-state index contributed by atoms with van der Waals surface area (Å²) in [5.74, 6) is 1.69. The monoisotopic (exact) mass is 497 g/mol. The van der Waals surface area contributed by atoms with Crippen LogP contribution in [0.1, 0.15) is 41.9 Å². The van der Waals surface area contributed by atoms with Crippen molar-refractivity contribution in [3.05, 3.63) is 76.2 Å². The third kappa shape index (κ3) is 4.14. The molecule has 0 radical (unpaired) electrons. The van der Waals surface area contributed by atoms with Crippen molar-refractivity contribution in [3.8, 4) is 11.3 Å². The molecule has 0 unspecified atom stereocenters. The topological polar surface area (TPSA) is 50.5 Å². The van der Waals surface area contributed by atoms with Gasteiger partial charge in [0.15, 0.2) is 5.11 Å². The van der Waals surface area contributed by atoms with Crippen molar-refractivity contribution >= 4 is 33.3 Å². The van der Waals surface area contributed by atoms with Crippen LogP contribution in [0, 0.1) is 6.92 Å². The molecular formula is C24H24BrN3O2S. The third-order valence-corrected chi connectivity index (χ3v) is 6.94. The SMILES string of the molecule is Cc1ccc(-c2ccc([C@H]3[C@H](c4ccccn4)NC(=S)N3C[C@@H]3CCCO3)o2)c(Br)c1. The number of furan rings is 1. The first-order chi connectivity index (χ1) is 15.1. The van der Waals surface area contributed by atoms with E-state index in [1.807, 2.05) is 30.5 Å². The van der Waals surface area contributed by atoms with E-state index in [1.54, 1.807) is 0 Å². The Kier molecular flexibility index (Phi) is 5.82. The second-order valence-electron chi connectivity index (χ2n) is 8.10. The predicted molar refractivity (Wildman–Crippen MR) is 128 cm³/mol. The first-order valence-electron chi connectivity index (χ1n) is 10.6.